The molecule has 2 aliphatic heterocycles. The quantitative estimate of drug-likeness (QED) is 0.253. The molecule has 4 aliphatic carbocycles. The Labute approximate surface area is 301 Å². The van der Waals surface area contributed by atoms with Gasteiger partial charge in [0.25, 0.3) is 0 Å². The summed E-state index contributed by atoms with van der Waals surface area (Å²) < 4.78 is 60.0. The van der Waals surface area contributed by atoms with Crippen molar-refractivity contribution in [2.24, 2.45) is 45.3 Å². The van der Waals surface area contributed by atoms with Crippen LogP contribution >= 0.6 is 0 Å². The predicted molar refractivity (Wildman–Crippen MR) is 195 cm³/mol. The first-order valence-electron chi connectivity index (χ1n) is 18.8. The average molecular weight is 739 g/mol. The average Bonchev–Trinajstić information content (AvgIpc) is 3.74. The van der Waals surface area contributed by atoms with E-state index in [-0.39, 0.29) is 57.3 Å². The Hall–Kier alpha value is -1.76. The van der Waals surface area contributed by atoms with Gasteiger partial charge in [-0.2, -0.15) is 0 Å². The van der Waals surface area contributed by atoms with Gasteiger partial charge < -0.3 is 9.84 Å². The third kappa shape index (κ3) is 5.85. The maximum Gasteiger partial charge on any atom is 0.241 e. The van der Waals surface area contributed by atoms with Crippen LogP contribution in [0.25, 0.3) is 0 Å². The molecule has 0 aromatic rings. The first-order chi connectivity index (χ1) is 23.2. The van der Waals surface area contributed by atoms with Gasteiger partial charge in [-0.15, -0.1) is 13.2 Å². The van der Waals surface area contributed by atoms with E-state index < -0.39 is 43.9 Å². The van der Waals surface area contributed by atoms with Crippen molar-refractivity contribution < 1.29 is 36.3 Å². The van der Waals surface area contributed by atoms with Crippen LogP contribution < -0.4 is 0 Å². The second kappa shape index (κ2) is 13.6. The lowest BCUT2D eigenvalue weighted by Gasteiger charge is -2.37. The number of fused-ring (bicyclic) bond motifs is 2. The van der Waals surface area contributed by atoms with E-state index in [0.29, 0.717) is 37.7 Å². The number of nitrogens with zero attached hydrogens (tertiary/aromatic N) is 2. The summed E-state index contributed by atoms with van der Waals surface area (Å²) in [5.74, 6) is -0.700. The zero-order chi connectivity index (χ0) is 37.2. The molecule has 2 heterocycles. The molecule has 284 valence electrons. The third-order valence-electron chi connectivity index (χ3n) is 14.9. The second-order valence-electron chi connectivity index (χ2n) is 17.4. The van der Waals surface area contributed by atoms with Gasteiger partial charge in [0, 0.05) is 17.4 Å². The number of hydrogen-bond donors (Lipinski definition) is 1. The summed E-state index contributed by atoms with van der Waals surface area (Å²) in [6.07, 6.45) is 10.4. The first kappa shape index (κ1) is 39.4. The lowest BCUT2D eigenvalue weighted by atomic mass is 9.69. The van der Waals surface area contributed by atoms with Gasteiger partial charge in [-0.05, 0) is 93.8 Å². The van der Waals surface area contributed by atoms with Crippen LogP contribution in [0.5, 0.6) is 0 Å². The van der Waals surface area contributed by atoms with E-state index in [1.807, 2.05) is 19.9 Å². The largest absolute Gasteiger partial charge is 0.392 e. The maximum atomic E-state index is 13.3. The fourth-order valence-electron chi connectivity index (χ4n) is 11.4. The van der Waals surface area contributed by atoms with E-state index in [9.17, 15) is 31.5 Å². The third-order valence-corrected chi connectivity index (χ3v) is 18.7. The number of rotatable bonds is 12. The van der Waals surface area contributed by atoms with Crippen LogP contribution in [0.2, 0.25) is 0 Å². The van der Waals surface area contributed by atoms with Crippen LogP contribution in [0.4, 0.5) is 0 Å². The molecule has 4 bridgehead atoms. The van der Waals surface area contributed by atoms with E-state index in [2.05, 4.69) is 40.9 Å². The standard InChI is InChI=1S/C20H33NO4S.C18H29NO4S/c1-6-8-9-16(25-7-2)14(3)18(22)21-17-12-15-10-11-20(17,19(15,4)5)13-26(21,23)24;1-5-6-7-14(20)12(2)16(21)19-15-10-13-8-9-18(15,17(13,3)4)11-24(19,22)23/h6,14-17H,1,7-13H2,2-5H3;5,12-15,20H,1,6-11H2,2-4H3/t14-,15?,16-,17+,20+;12-,13?,14-,15+,18+/m11/s1. The summed E-state index contributed by atoms with van der Waals surface area (Å²) in [7, 11) is -7.17. The van der Waals surface area contributed by atoms with Crippen LogP contribution in [0.15, 0.2) is 25.3 Å². The van der Waals surface area contributed by atoms with Crippen LogP contribution in [-0.2, 0) is 34.4 Å². The fourth-order valence-corrected chi connectivity index (χ4v) is 16.6. The summed E-state index contributed by atoms with van der Waals surface area (Å²) in [5.41, 5.74) is -0.651. The molecule has 6 rings (SSSR count). The molecule has 0 radical (unpaired) electrons. The highest BCUT2D eigenvalue weighted by atomic mass is 32.2. The molecule has 2 amide bonds. The van der Waals surface area contributed by atoms with Gasteiger partial charge in [-0.3, -0.25) is 9.59 Å². The van der Waals surface area contributed by atoms with E-state index >= 15 is 0 Å². The summed E-state index contributed by atoms with van der Waals surface area (Å²) >= 11 is 0. The number of allylic oxidation sites excluding steroid dienone is 2. The van der Waals surface area contributed by atoms with Gasteiger partial charge >= 0.3 is 0 Å². The molecule has 2 spiro atoms. The number of hydrogen-bond acceptors (Lipinski definition) is 8. The van der Waals surface area contributed by atoms with Crippen molar-refractivity contribution in [2.75, 3.05) is 18.1 Å². The number of carbonyl (C=O) groups excluding carboxylic acids is 2. The smallest absolute Gasteiger partial charge is 0.241 e. The lowest BCUT2D eigenvalue weighted by Crippen LogP contribution is -2.48. The Morgan fingerprint density at radius 2 is 1.22 bits per heavy atom. The van der Waals surface area contributed by atoms with E-state index in [0.717, 1.165) is 49.3 Å². The van der Waals surface area contributed by atoms with Crippen molar-refractivity contribution in [1.82, 2.24) is 8.61 Å². The normalized spacial score (nSPS) is 36.9. The topological polar surface area (TPSA) is 138 Å². The van der Waals surface area contributed by atoms with Gasteiger partial charge in [0.05, 0.1) is 47.6 Å². The SMILES string of the molecule is C=CCC[C@@H](O)[C@@H](C)C(=O)N1[C@H]2CC3CC[C@@]2(CS1(=O)=O)C3(C)C.C=CCC[C@@H](OCC)[C@@H](C)C(=O)N1[C@H]2CC3CC[C@@]2(CS1(=O)=O)C3(C)C. The summed E-state index contributed by atoms with van der Waals surface area (Å²) in [6.45, 7) is 21.9. The van der Waals surface area contributed by atoms with Crippen molar-refractivity contribution in [3.05, 3.63) is 25.3 Å². The monoisotopic (exact) mass is 738 g/mol. The van der Waals surface area contributed by atoms with Gasteiger partial charge in [0.1, 0.15) is 0 Å². The zero-order valence-corrected chi connectivity index (χ0v) is 33.0. The Kier molecular flexibility index (Phi) is 10.7. The Morgan fingerprint density at radius 3 is 1.62 bits per heavy atom. The van der Waals surface area contributed by atoms with Gasteiger partial charge in [0.15, 0.2) is 0 Å². The number of carbonyl (C=O) groups is 2. The molecular weight excluding hydrogens is 677 g/mol. The summed E-state index contributed by atoms with van der Waals surface area (Å²) in [6, 6.07) is -0.393. The van der Waals surface area contributed by atoms with Crippen LogP contribution in [-0.4, -0.2) is 84.8 Å². The van der Waals surface area contributed by atoms with Gasteiger partial charge in [-0.1, -0.05) is 53.7 Å². The molecule has 10 nitrogen and oxygen atoms in total. The summed E-state index contributed by atoms with van der Waals surface area (Å²) in [5, 5.41) is 10.2. The van der Waals surface area contributed by atoms with Crippen molar-refractivity contribution in [3.63, 3.8) is 0 Å². The zero-order valence-electron chi connectivity index (χ0n) is 31.4. The molecule has 6 fully saturated rings. The molecule has 2 unspecified atom stereocenters. The molecule has 6 aliphatic rings. The molecule has 50 heavy (non-hydrogen) atoms. The van der Waals surface area contributed by atoms with E-state index in [1.165, 1.54) is 4.31 Å². The van der Waals surface area contributed by atoms with Crippen molar-refractivity contribution in [1.29, 1.82) is 0 Å². The highest BCUT2D eigenvalue weighted by molar-refractivity contribution is 7.90. The highest BCUT2D eigenvalue weighted by Crippen LogP contribution is 2.71. The Morgan fingerprint density at radius 1 is 0.800 bits per heavy atom. The molecule has 0 aromatic heterocycles. The predicted octanol–water partition coefficient (Wildman–Crippen LogP) is 5.68. The molecule has 0 aromatic carbocycles. The van der Waals surface area contributed by atoms with Crippen LogP contribution in [0, 0.1) is 45.3 Å². The minimum Gasteiger partial charge on any atom is -0.392 e. The van der Waals surface area contributed by atoms with Crippen molar-refractivity contribution in [2.45, 2.75) is 137 Å². The first-order valence-corrected chi connectivity index (χ1v) is 22.1. The molecule has 12 heteroatoms. The molecule has 1 N–H and O–H groups in total. The van der Waals surface area contributed by atoms with Crippen LogP contribution in [0.1, 0.15) is 113 Å². The molecule has 4 saturated carbocycles. The van der Waals surface area contributed by atoms with E-state index in [1.54, 1.807) is 13.0 Å². The Bertz CT molecular complexity index is 1570. The lowest BCUT2D eigenvalue weighted by molar-refractivity contribution is -0.138. The number of aliphatic hydroxyl groups excluding tert-OH is 1. The minimum absolute atomic E-state index is 0.0227. The second-order valence-corrected chi connectivity index (χ2v) is 21.1. The van der Waals surface area contributed by atoms with Crippen molar-refractivity contribution in [3.8, 4) is 0 Å². The molecular formula is C38H62N2O8S2. The fraction of sp³-hybridized carbons (Fsp3) is 0.842. The van der Waals surface area contributed by atoms with Crippen LogP contribution in [0.3, 0.4) is 0 Å². The van der Waals surface area contributed by atoms with Gasteiger partial charge in [0.2, 0.25) is 31.9 Å². The molecule has 10 atom stereocenters. The number of sulfonamides is 2. The maximum absolute atomic E-state index is 13.3. The highest BCUT2D eigenvalue weighted by Gasteiger charge is 2.73. The molecule has 2 saturated heterocycles. The minimum atomic E-state index is -3.61. The Balaban J connectivity index is 0.000000195. The van der Waals surface area contributed by atoms with E-state index in [4.69, 9.17) is 4.74 Å². The number of ether oxygens (including phenoxy) is 1. The number of aliphatic hydroxyl groups is 1. The summed E-state index contributed by atoms with van der Waals surface area (Å²) in [4.78, 5) is 26.3. The van der Waals surface area contributed by atoms with Crippen molar-refractivity contribution >= 4 is 31.9 Å². The number of amides is 2. The van der Waals surface area contributed by atoms with Gasteiger partial charge in [-0.25, -0.2) is 25.4 Å².